The highest BCUT2D eigenvalue weighted by molar-refractivity contribution is 9.10. The van der Waals surface area contributed by atoms with Crippen molar-refractivity contribution in [3.8, 4) is 0 Å². The molecule has 2 N–H and O–H groups in total. The first-order valence-corrected chi connectivity index (χ1v) is 11.2. The highest BCUT2D eigenvalue weighted by Gasteiger charge is 2.39. The fraction of sp³-hybridized carbons (Fsp3) is 0.609. The minimum atomic E-state index is -0.634. The molecule has 0 radical (unpaired) electrons. The Morgan fingerprint density at radius 2 is 1.74 bits per heavy atom. The topological polar surface area (TPSA) is 98.9 Å². The van der Waals surface area contributed by atoms with Gasteiger partial charge in [0, 0.05) is 23.1 Å². The Kier molecular flexibility index (Phi) is 7.79. The van der Waals surface area contributed by atoms with Crippen LogP contribution in [0.3, 0.4) is 0 Å². The fourth-order valence-corrected chi connectivity index (χ4v) is 3.96. The highest BCUT2D eigenvalue weighted by atomic mass is 79.9. The molecule has 2 rings (SSSR count). The first-order chi connectivity index (χ1) is 14.2. The third kappa shape index (κ3) is 7.52. The van der Waals surface area contributed by atoms with Gasteiger partial charge in [0.2, 0.25) is 5.91 Å². The summed E-state index contributed by atoms with van der Waals surface area (Å²) in [5.74, 6) is -1.42. The van der Waals surface area contributed by atoms with E-state index < -0.39 is 23.0 Å². The zero-order chi connectivity index (χ0) is 23.6. The van der Waals surface area contributed by atoms with Crippen molar-refractivity contribution in [1.82, 2.24) is 4.90 Å². The van der Waals surface area contributed by atoms with E-state index in [-0.39, 0.29) is 18.0 Å². The molecule has 1 heterocycles. The Morgan fingerprint density at radius 1 is 1.13 bits per heavy atom. The smallest absolute Gasteiger partial charge is 0.410 e. The average molecular weight is 497 g/mol. The number of primary amides is 1. The molecule has 31 heavy (non-hydrogen) atoms. The summed E-state index contributed by atoms with van der Waals surface area (Å²) in [6.07, 6.45) is 0.648. The summed E-state index contributed by atoms with van der Waals surface area (Å²) in [6.45, 7) is 11.9. The Bertz CT molecular complexity index is 841. The maximum Gasteiger partial charge on any atom is 0.410 e. The summed E-state index contributed by atoms with van der Waals surface area (Å²) in [7, 11) is 0. The van der Waals surface area contributed by atoms with Gasteiger partial charge < -0.3 is 20.1 Å². The van der Waals surface area contributed by atoms with Crippen LogP contribution in [0.5, 0.6) is 0 Å². The van der Waals surface area contributed by atoms with Gasteiger partial charge in [-0.3, -0.25) is 9.59 Å². The predicted molar refractivity (Wildman–Crippen MR) is 122 cm³/mol. The van der Waals surface area contributed by atoms with Crippen molar-refractivity contribution in [2.24, 2.45) is 17.6 Å². The SMILES string of the molecule is CC(C)(C)OC(=O)[C@@H](Cc1cc(C(N)=O)ccc1Br)[C@H]1CCN(C(=O)OC(C)(C)C)C1. The number of halogens is 1. The molecule has 1 aliphatic rings. The van der Waals surface area contributed by atoms with Gasteiger partial charge in [-0.05, 0) is 84.1 Å². The van der Waals surface area contributed by atoms with E-state index in [0.29, 0.717) is 31.5 Å². The lowest BCUT2D eigenvalue weighted by Crippen LogP contribution is -2.38. The number of hydrogen-bond donors (Lipinski definition) is 1. The van der Waals surface area contributed by atoms with Crippen LogP contribution in [0.2, 0.25) is 0 Å². The Hall–Kier alpha value is -2.09. The molecule has 1 fully saturated rings. The van der Waals surface area contributed by atoms with Crippen molar-refractivity contribution in [3.63, 3.8) is 0 Å². The van der Waals surface area contributed by atoms with Crippen LogP contribution in [0, 0.1) is 11.8 Å². The molecule has 1 saturated heterocycles. The van der Waals surface area contributed by atoms with Crippen LogP contribution in [0.4, 0.5) is 4.79 Å². The monoisotopic (exact) mass is 496 g/mol. The van der Waals surface area contributed by atoms with Crippen molar-refractivity contribution < 1.29 is 23.9 Å². The number of ether oxygens (including phenoxy) is 2. The lowest BCUT2D eigenvalue weighted by molar-refractivity contribution is -0.162. The molecule has 0 spiro atoms. The molecule has 0 unspecified atom stereocenters. The summed E-state index contributed by atoms with van der Waals surface area (Å²) in [4.78, 5) is 38.9. The lowest BCUT2D eigenvalue weighted by Gasteiger charge is -2.28. The first-order valence-electron chi connectivity index (χ1n) is 10.5. The van der Waals surface area contributed by atoms with Crippen molar-refractivity contribution >= 4 is 33.9 Å². The number of esters is 1. The molecule has 2 atom stereocenters. The van der Waals surface area contributed by atoms with Crippen LogP contribution < -0.4 is 5.73 Å². The molecule has 172 valence electrons. The summed E-state index contributed by atoms with van der Waals surface area (Å²) >= 11 is 3.51. The Labute approximate surface area is 192 Å². The average Bonchev–Trinajstić information content (AvgIpc) is 3.07. The van der Waals surface area contributed by atoms with E-state index in [1.54, 1.807) is 23.1 Å². The van der Waals surface area contributed by atoms with Gasteiger partial charge in [0.1, 0.15) is 11.2 Å². The second kappa shape index (κ2) is 9.59. The van der Waals surface area contributed by atoms with Gasteiger partial charge >= 0.3 is 12.1 Å². The van der Waals surface area contributed by atoms with Gasteiger partial charge in [0.15, 0.2) is 0 Å². The van der Waals surface area contributed by atoms with Gasteiger partial charge in [-0.1, -0.05) is 15.9 Å². The second-order valence-corrected chi connectivity index (χ2v) is 10.8. The molecule has 8 heteroatoms. The quantitative estimate of drug-likeness (QED) is 0.612. The predicted octanol–water partition coefficient (Wildman–Crippen LogP) is 4.31. The summed E-state index contributed by atoms with van der Waals surface area (Å²) < 4.78 is 12.0. The van der Waals surface area contributed by atoms with Crippen molar-refractivity contribution in [2.45, 2.75) is 65.6 Å². The van der Waals surface area contributed by atoms with Crippen LogP contribution in [0.25, 0.3) is 0 Å². The number of amides is 2. The van der Waals surface area contributed by atoms with Gasteiger partial charge in [-0.15, -0.1) is 0 Å². The van der Waals surface area contributed by atoms with Crippen molar-refractivity contribution in [1.29, 1.82) is 0 Å². The summed E-state index contributed by atoms with van der Waals surface area (Å²) in [5, 5.41) is 0. The van der Waals surface area contributed by atoms with E-state index in [1.165, 1.54) is 0 Å². The van der Waals surface area contributed by atoms with Crippen molar-refractivity contribution in [2.75, 3.05) is 13.1 Å². The highest BCUT2D eigenvalue weighted by Crippen LogP contribution is 2.32. The molecule has 0 bridgehead atoms. The lowest BCUT2D eigenvalue weighted by atomic mass is 9.85. The minimum Gasteiger partial charge on any atom is -0.460 e. The number of carbonyl (C=O) groups excluding carboxylic acids is 3. The van der Waals surface area contributed by atoms with Crippen LogP contribution >= 0.6 is 15.9 Å². The van der Waals surface area contributed by atoms with Gasteiger partial charge in [-0.2, -0.15) is 0 Å². The van der Waals surface area contributed by atoms with E-state index >= 15 is 0 Å². The summed E-state index contributed by atoms with van der Waals surface area (Å²) in [6, 6.07) is 5.09. The van der Waals surface area contributed by atoms with Gasteiger partial charge in [-0.25, -0.2) is 4.79 Å². The normalized spacial score (nSPS) is 17.9. The number of nitrogens with zero attached hydrogens (tertiary/aromatic N) is 1. The van der Waals surface area contributed by atoms with Gasteiger partial charge in [0.25, 0.3) is 0 Å². The molecule has 7 nitrogen and oxygen atoms in total. The van der Waals surface area contributed by atoms with Crippen molar-refractivity contribution in [3.05, 3.63) is 33.8 Å². The van der Waals surface area contributed by atoms with E-state index in [1.807, 2.05) is 41.5 Å². The molecule has 0 aliphatic carbocycles. The van der Waals surface area contributed by atoms with Gasteiger partial charge in [0.05, 0.1) is 5.92 Å². The number of likely N-dealkylation sites (tertiary alicyclic amines) is 1. The van der Waals surface area contributed by atoms with E-state index in [9.17, 15) is 14.4 Å². The number of rotatable bonds is 5. The van der Waals surface area contributed by atoms with Crippen LogP contribution in [-0.4, -0.2) is 47.2 Å². The van der Waals surface area contributed by atoms with Crippen LogP contribution in [0.1, 0.15) is 63.9 Å². The molecular weight excluding hydrogens is 464 g/mol. The molecular formula is C23H33BrN2O5. The number of nitrogens with two attached hydrogens (primary N) is 1. The molecule has 0 saturated carbocycles. The van der Waals surface area contributed by atoms with Crippen LogP contribution in [0.15, 0.2) is 22.7 Å². The van der Waals surface area contributed by atoms with Crippen LogP contribution in [-0.2, 0) is 20.7 Å². The molecule has 1 aliphatic heterocycles. The number of hydrogen-bond acceptors (Lipinski definition) is 5. The third-order valence-corrected chi connectivity index (χ3v) is 5.70. The van der Waals surface area contributed by atoms with E-state index in [4.69, 9.17) is 15.2 Å². The molecule has 1 aromatic carbocycles. The third-order valence-electron chi connectivity index (χ3n) is 4.93. The standard InChI is InChI=1S/C23H33BrN2O5/c1-22(2,3)30-20(28)17(12-16-11-14(19(25)27)7-8-18(16)24)15-9-10-26(13-15)21(29)31-23(4,5)6/h7-8,11,15,17H,9-10,12-13H2,1-6H3,(H2,25,27)/t15-,17-/m0/s1. The molecule has 1 aromatic rings. The molecule has 2 amide bonds. The minimum absolute atomic E-state index is 0.0912. The first kappa shape index (κ1) is 25.2. The fourth-order valence-electron chi connectivity index (χ4n) is 3.55. The number of benzene rings is 1. The maximum absolute atomic E-state index is 13.1. The maximum atomic E-state index is 13.1. The summed E-state index contributed by atoms with van der Waals surface area (Å²) in [5.41, 5.74) is 5.38. The largest absolute Gasteiger partial charge is 0.460 e. The Morgan fingerprint density at radius 3 is 2.29 bits per heavy atom. The van der Waals surface area contributed by atoms with E-state index in [0.717, 1.165) is 10.0 Å². The number of carbonyl (C=O) groups is 3. The Balaban J connectivity index is 2.26. The zero-order valence-electron chi connectivity index (χ0n) is 19.2. The van der Waals surface area contributed by atoms with E-state index in [2.05, 4.69) is 15.9 Å². The second-order valence-electron chi connectivity index (χ2n) is 9.99. The zero-order valence-corrected chi connectivity index (χ0v) is 20.7. The molecule has 0 aromatic heterocycles.